The molecule has 2 aliphatic rings. The van der Waals surface area contributed by atoms with Crippen molar-refractivity contribution in [1.29, 1.82) is 0 Å². The fraction of sp³-hybridized carbons (Fsp3) is 0.170. The molecule has 4 heterocycles. The van der Waals surface area contributed by atoms with E-state index in [0.29, 0.717) is 0 Å². The highest BCUT2D eigenvalue weighted by Gasteiger charge is 2.46. The highest BCUT2D eigenvalue weighted by Crippen LogP contribution is 2.53. The second kappa shape index (κ2) is 22.4. The van der Waals surface area contributed by atoms with Gasteiger partial charge < -0.3 is 14.2 Å². The fourth-order valence-corrected chi connectivity index (χ4v) is 16.0. The molecule has 15 aromatic rings. The Morgan fingerprint density at radius 2 is 0.622 bits per heavy atom. The van der Waals surface area contributed by atoms with Crippen molar-refractivity contribution in [2.45, 2.75) is 105 Å². The molecule has 17 rings (SSSR count). The van der Waals surface area contributed by atoms with Crippen molar-refractivity contribution in [3.05, 3.63) is 301 Å². The Hall–Kier alpha value is -10.7. The van der Waals surface area contributed by atoms with Crippen LogP contribution in [0.2, 0.25) is 0 Å². The van der Waals surface area contributed by atoms with Crippen LogP contribution in [0.4, 0.5) is 34.1 Å². The van der Waals surface area contributed by atoms with Gasteiger partial charge in [0.15, 0.2) is 0 Å². The van der Waals surface area contributed by atoms with Crippen LogP contribution in [-0.4, -0.2) is 11.1 Å². The summed E-state index contributed by atoms with van der Waals surface area (Å²) in [6.07, 6.45) is 0. The third-order valence-corrected chi connectivity index (χ3v) is 21.3. The molecule has 0 spiro atoms. The van der Waals surface area contributed by atoms with Gasteiger partial charge in [0.05, 0.1) is 22.2 Å². The minimum atomic E-state index is -0.186. The first-order chi connectivity index (χ1) is 47.1. The van der Waals surface area contributed by atoms with E-state index in [0.717, 1.165) is 28.1 Å². The first-order valence-corrected chi connectivity index (χ1v) is 35.1. The summed E-state index contributed by atoms with van der Waals surface area (Å²) >= 11 is 0. The van der Waals surface area contributed by atoms with Crippen LogP contribution in [0.3, 0.4) is 0 Å². The number of rotatable bonds is 6. The molecule has 0 amide bonds. The monoisotopic (exact) mass is 1260 g/mol. The Balaban J connectivity index is 1.07. The number of fused-ring (bicyclic) bond motifs is 15. The van der Waals surface area contributed by atoms with Gasteiger partial charge in [-0.05, 0) is 175 Å². The lowest BCUT2D eigenvalue weighted by Crippen LogP contribution is -2.61. The summed E-state index contributed by atoms with van der Waals surface area (Å²) in [4.78, 5) is 5.32. The van der Waals surface area contributed by atoms with Crippen LogP contribution in [0.25, 0.3) is 104 Å². The molecule has 0 unspecified atom stereocenters. The molecular weight excluding hydrogens is 1180 g/mol. The van der Waals surface area contributed by atoms with Gasteiger partial charge in [0.25, 0.3) is 6.71 Å². The quantitative estimate of drug-likeness (QED) is 0.154. The molecule has 4 heteroatoms. The normalized spacial score (nSPS) is 13.2. The predicted molar refractivity (Wildman–Crippen MR) is 424 cm³/mol. The maximum atomic E-state index is 2.68. The van der Waals surface area contributed by atoms with Gasteiger partial charge in [-0.2, -0.15) is 0 Å². The zero-order valence-corrected chi connectivity index (χ0v) is 58.5. The van der Waals surface area contributed by atoms with Gasteiger partial charge in [-0.25, -0.2) is 0 Å². The molecule has 0 N–H and O–H groups in total. The summed E-state index contributed by atoms with van der Waals surface area (Å²) in [6, 6.07) is 107. The van der Waals surface area contributed by atoms with Crippen molar-refractivity contribution in [2.24, 2.45) is 0 Å². The van der Waals surface area contributed by atoms with E-state index in [1.807, 2.05) is 0 Å². The summed E-state index contributed by atoms with van der Waals surface area (Å²) < 4.78 is 2.66. The number of hydrogen-bond donors (Lipinski definition) is 0. The van der Waals surface area contributed by atoms with E-state index in [1.54, 1.807) is 0 Å². The first kappa shape index (κ1) is 61.0. The van der Waals surface area contributed by atoms with Crippen molar-refractivity contribution < 1.29 is 0 Å². The van der Waals surface area contributed by atoms with Crippen molar-refractivity contribution in [3.8, 4) is 44.5 Å². The Labute approximate surface area is 578 Å². The van der Waals surface area contributed by atoms with Crippen molar-refractivity contribution >= 4 is 117 Å². The number of aromatic nitrogens is 1. The molecule has 0 radical (unpaired) electrons. The summed E-state index contributed by atoms with van der Waals surface area (Å²) in [6.45, 7) is 28.0. The average molecular weight is 1260 g/mol. The molecule has 0 saturated heterocycles. The molecule has 2 aliphatic heterocycles. The molecule has 98 heavy (non-hydrogen) atoms. The number of nitrogens with zero attached hydrogens (tertiary/aromatic N) is 3. The molecule has 3 nitrogen and oxygen atoms in total. The third kappa shape index (κ3) is 10.00. The van der Waals surface area contributed by atoms with E-state index in [2.05, 4.69) is 376 Å². The maximum absolute atomic E-state index is 2.68. The van der Waals surface area contributed by atoms with Crippen molar-refractivity contribution in [3.63, 3.8) is 0 Å². The van der Waals surface area contributed by atoms with Gasteiger partial charge in [-0.15, -0.1) is 0 Å². The minimum absolute atomic E-state index is 0.0706. The Bertz CT molecular complexity index is 5690. The van der Waals surface area contributed by atoms with Crippen LogP contribution in [0.5, 0.6) is 0 Å². The predicted octanol–water partition coefficient (Wildman–Crippen LogP) is 24.2. The fourth-order valence-electron chi connectivity index (χ4n) is 16.0. The SMILES string of the molecule is CC(C)(C)c1cc(-c2ccc3c(c2)N(c2ccc(-c4ccccc4)cc2)c2cc4c(c5c2B3c2ccc(-c3cc(C(C)(C)C)cc(C(C)(C)C)c3)cc2N5c2ccc(-c3ccccc3)cc2)c2cccc3c5ccccc5c5ccccc5c5ccccc5n4c32)cc(C(C)(C)C)c1. The maximum Gasteiger partial charge on any atom is 0.252 e. The zero-order valence-electron chi connectivity index (χ0n) is 58.5. The van der Waals surface area contributed by atoms with Crippen LogP contribution in [0, 0.1) is 0 Å². The molecule has 476 valence electrons. The topological polar surface area (TPSA) is 10.9 Å². The molecule has 0 bridgehead atoms. The second-order valence-electron chi connectivity index (χ2n) is 31.8. The van der Waals surface area contributed by atoms with Crippen molar-refractivity contribution in [1.82, 2.24) is 4.40 Å². The van der Waals surface area contributed by atoms with E-state index in [4.69, 9.17) is 0 Å². The van der Waals surface area contributed by atoms with Gasteiger partial charge in [0.1, 0.15) is 0 Å². The first-order valence-electron chi connectivity index (χ1n) is 35.1. The van der Waals surface area contributed by atoms with Crippen LogP contribution in [0.15, 0.2) is 279 Å². The lowest BCUT2D eigenvalue weighted by Gasteiger charge is -2.45. The van der Waals surface area contributed by atoms with Gasteiger partial charge in [-0.1, -0.05) is 314 Å². The van der Waals surface area contributed by atoms with E-state index in [9.17, 15) is 0 Å². The zero-order chi connectivity index (χ0) is 67.3. The van der Waals surface area contributed by atoms with Gasteiger partial charge in [-0.3, -0.25) is 0 Å². The van der Waals surface area contributed by atoms with Crippen LogP contribution < -0.4 is 26.2 Å². The molecule has 0 fully saturated rings. The van der Waals surface area contributed by atoms with Crippen LogP contribution in [-0.2, 0) is 21.7 Å². The lowest BCUT2D eigenvalue weighted by atomic mass is 9.33. The van der Waals surface area contributed by atoms with E-state index in [1.165, 1.54) is 149 Å². The summed E-state index contributed by atoms with van der Waals surface area (Å²) in [5, 5.41) is 9.65. The number of benzene rings is 13. The van der Waals surface area contributed by atoms with E-state index in [-0.39, 0.29) is 28.4 Å². The Morgan fingerprint density at radius 3 is 1.09 bits per heavy atom. The number of anilines is 6. The highest BCUT2D eigenvalue weighted by molar-refractivity contribution is 7.00. The standard InChI is InChI=1S/C94H82BN3/c1-91(2,3)67-50-65(51-68(56-67)92(4,5)6)63-42-48-80-83(54-63)96(71-44-38-61(39-45-71)59-26-15-13-16-27-59)86-58-85-87(79-36-25-35-78-76-33-22-20-31-74(76)73-30-19-21-32-75(73)77-34-23-24-37-82(77)98(85)89(78)79)90-88(86)95(80)81-49-43-64(66-52-69(93(7,8)9)57-70(53-66)94(10,11)12)55-84(81)97(90)72-46-40-62(41-47-72)60-28-17-14-18-29-60/h13-58H,1-12H3. The third-order valence-electron chi connectivity index (χ3n) is 21.3. The molecule has 0 aliphatic carbocycles. The van der Waals surface area contributed by atoms with Gasteiger partial charge >= 0.3 is 0 Å². The summed E-state index contributed by atoms with van der Waals surface area (Å²) in [5.74, 6) is 0. The molecule has 0 saturated carbocycles. The van der Waals surface area contributed by atoms with E-state index >= 15 is 0 Å². The molecule has 0 atom stereocenters. The molecule has 2 aromatic heterocycles. The smallest absolute Gasteiger partial charge is 0.252 e. The lowest BCUT2D eigenvalue weighted by molar-refractivity contribution is 0.568. The van der Waals surface area contributed by atoms with Crippen molar-refractivity contribution in [2.75, 3.05) is 9.80 Å². The molecule has 13 aromatic carbocycles. The van der Waals surface area contributed by atoms with E-state index < -0.39 is 0 Å². The van der Waals surface area contributed by atoms with Gasteiger partial charge in [0, 0.05) is 50.0 Å². The number of hydrogen-bond acceptors (Lipinski definition) is 2. The summed E-state index contributed by atoms with van der Waals surface area (Å²) in [5.41, 5.74) is 28.8. The van der Waals surface area contributed by atoms with Gasteiger partial charge in [0.2, 0.25) is 0 Å². The average Bonchev–Trinajstić information content (AvgIpc) is 1.30. The largest absolute Gasteiger partial charge is 0.311 e. The van der Waals surface area contributed by atoms with Crippen LogP contribution >= 0.6 is 0 Å². The van der Waals surface area contributed by atoms with Crippen LogP contribution in [0.1, 0.15) is 105 Å². The second-order valence-corrected chi connectivity index (χ2v) is 31.8. The highest BCUT2D eigenvalue weighted by atomic mass is 15.2. The Morgan fingerprint density at radius 1 is 0.255 bits per heavy atom. The minimum Gasteiger partial charge on any atom is -0.311 e. The molecular formula is C94H82BN3. The Kier molecular flexibility index (Phi) is 14.0. The summed E-state index contributed by atoms with van der Waals surface area (Å²) in [7, 11) is 0. The number of para-hydroxylation sites is 2.